The monoisotopic (exact) mass is 448 g/mol. The summed E-state index contributed by atoms with van der Waals surface area (Å²) in [6, 6.07) is 14.6. The molecule has 0 atom stereocenters. The van der Waals surface area contributed by atoms with Crippen LogP contribution >= 0.6 is 0 Å². The van der Waals surface area contributed by atoms with Crippen molar-refractivity contribution in [1.29, 1.82) is 0 Å². The third-order valence-electron chi connectivity index (χ3n) is 5.86. The van der Waals surface area contributed by atoms with E-state index in [0.717, 1.165) is 24.3 Å². The summed E-state index contributed by atoms with van der Waals surface area (Å²) in [5.41, 5.74) is 2.61. The number of nitrogens with zero attached hydrogens (tertiary/aromatic N) is 3. The maximum absolute atomic E-state index is 13.5. The van der Waals surface area contributed by atoms with Gasteiger partial charge in [0.15, 0.2) is 0 Å². The van der Waals surface area contributed by atoms with Crippen LogP contribution in [0.4, 0.5) is 5.69 Å². The number of rotatable bonds is 7. The van der Waals surface area contributed by atoms with Gasteiger partial charge in [-0.15, -0.1) is 0 Å². The zero-order valence-corrected chi connectivity index (χ0v) is 19.1. The standard InChI is InChI=1S/C25H28N4O4/c1-4-28-13-12-20-19(15-28)25(31)29(24(27-20)17-8-6-5-7-9-17)16-23(30)26-21-11-10-18(32-2)14-22(21)33-3/h5-11,14H,4,12-13,15-16H2,1-3H3,(H,26,30). The van der Waals surface area contributed by atoms with Crippen LogP contribution in [0.2, 0.25) is 0 Å². The number of carbonyl (C=O) groups is 1. The number of amides is 1. The molecule has 3 aromatic rings. The lowest BCUT2D eigenvalue weighted by atomic mass is 10.1. The normalized spacial score (nSPS) is 13.3. The van der Waals surface area contributed by atoms with Crippen molar-refractivity contribution in [3.8, 4) is 22.9 Å². The number of benzene rings is 2. The van der Waals surface area contributed by atoms with Crippen molar-refractivity contribution in [3.63, 3.8) is 0 Å². The Hall–Kier alpha value is -3.65. The van der Waals surface area contributed by atoms with Crippen LogP contribution in [0.25, 0.3) is 11.4 Å². The van der Waals surface area contributed by atoms with Gasteiger partial charge in [0.25, 0.3) is 5.56 Å². The molecule has 8 heteroatoms. The van der Waals surface area contributed by atoms with Gasteiger partial charge in [0.2, 0.25) is 5.91 Å². The number of anilines is 1. The summed E-state index contributed by atoms with van der Waals surface area (Å²) in [5.74, 6) is 1.25. The van der Waals surface area contributed by atoms with Gasteiger partial charge in [0.1, 0.15) is 23.9 Å². The molecule has 1 aromatic heterocycles. The predicted octanol–water partition coefficient (Wildman–Crippen LogP) is 2.94. The van der Waals surface area contributed by atoms with Gasteiger partial charge in [-0.3, -0.25) is 19.1 Å². The van der Waals surface area contributed by atoms with E-state index in [1.807, 2.05) is 30.3 Å². The molecule has 1 aliphatic rings. The van der Waals surface area contributed by atoms with E-state index in [9.17, 15) is 9.59 Å². The van der Waals surface area contributed by atoms with Crippen LogP contribution in [-0.4, -0.2) is 47.7 Å². The minimum atomic E-state index is -0.345. The van der Waals surface area contributed by atoms with Crippen molar-refractivity contribution in [2.75, 3.05) is 32.6 Å². The van der Waals surface area contributed by atoms with E-state index < -0.39 is 0 Å². The van der Waals surface area contributed by atoms with Crippen LogP contribution in [0.1, 0.15) is 18.2 Å². The SMILES string of the molecule is CCN1CCc2nc(-c3ccccc3)n(CC(=O)Nc3ccc(OC)cc3OC)c(=O)c2C1. The van der Waals surface area contributed by atoms with E-state index in [1.54, 1.807) is 25.3 Å². The van der Waals surface area contributed by atoms with Crippen LogP contribution in [0, 0.1) is 0 Å². The maximum atomic E-state index is 13.5. The van der Waals surface area contributed by atoms with Crippen molar-refractivity contribution in [2.45, 2.75) is 26.4 Å². The Labute approximate surface area is 192 Å². The molecule has 1 aliphatic heterocycles. The number of hydrogen-bond donors (Lipinski definition) is 1. The zero-order chi connectivity index (χ0) is 23.4. The van der Waals surface area contributed by atoms with E-state index in [2.05, 4.69) is 17.1 Å². The van der Waals surface area contributed by atoms with Crippen LogP contribution in [0.15, 0.2) is 53.3 Å². The minimum absolute atomic E-state index is 0.162. The lowest BCUT2D eigenvalue weighted by Crippen LogP contribution is -2.39. The molecular formula is C25H28N4O4. The number of nitrogens with one attached hydrogen (secondary N) is 1. The first kappa shape index (κ1) is 22.5. The highest BCUT2D eigenvalue weighted by molar-refractivity contribution is 5.92. The first-order valence-corrected chi connectivity index (χ1v) is 11.0. The van der Waals surface area contributed by atoms with Crippen LogP contribution in [0.5, 0.6) is 11.5 Å². The molecule has 0 bridgehead atoms. The molecular weight excluding hydrogens is 420 g/mol. The van der Waals surface area contributed by atoms with E-state index in [0.29, 0.717) is 41.5 Å². The van der Waals surface area contributed by atoms with Gasteiger partial charge in [-0.2, -0.15) is 0 Å². The van der Waals surface area contributed by atoms with Gasteiger partial charge in [0, 0.05) is 31.1 Å². The third-order valence-corrected chi connectivity index (χ3v) is 5.86. The van der Waals surface area contributed by atoms with Crippen LogP contribution in [-0.2, 0) is 24.3 Å². The van der Waals surface area contributed by atoms with Crippen molar-refractivity contribution in [2.24, 2.45) is 0 Å². The molecule has 8 nitrogen and oxygen atoms in total. The number of likely N-dealkylation sites (N-methyl/N-ethyl adjacent to an activating group) is 1. The van der Waals surface area contributed by atoms with Crippen LogP contribution in [0.3, 0.4) is 0 Å². The Bertz CT molecular complexity index is 1210. The molecule has 0 radical (unpaired) electrons. The van der Waals surface area contributed by atoms with Gasteiger partial charge >= 0.3 is 0 Å². The number of methoxy groups -OCH3 is 2. The van der Waals surface area contributed by atoms with Gasteiger partial charge < -0.3 is 14.8 Å². The molecule has 4 rings (SSSR count). The Morgan fingerprint density at radius 2 is 1.91 bits per heavy atom. The molecule has 0 unspecified atom stereocenters. The molecule has 2 aromatic carbocycles. The Morgan fingerprint density at radius 3 is 2.61 bits per heavy atom. The third kappa shape index (κ3) is 4.75. The minimum Gasteiger partial charge on any atom is -0.497 e. The molecule has 172 valence electrons. The average molecular weight is 449 g/mol. The number of fused-ring (bicyclic) bond motifs is 1. The molecule has 0 saturated heterocycles. The highest BCUT2D eigenvalue weighted by atomic mass is 16.5. The zero-order valence-electron chi connectivity index (χ0n) is 19.1. The summed E-state index contributed by atoms with van der Waals surface area (Å²) >= 11 is 0. The summed E-state index contributed by atoms with van der Waals surface area (Å²) in [7, 11) is 3.09. The van der Waals surface area contributed by atoms with E-state index in [1.165, 1.54) is 11.7 Å². The summed E-state index contributed by atoms with van der Waals surface area (Å²) < 4.78 is 12.1. The van der Waals surface area contributed by atoms with Gasteiger partial charge in [-0.05, 0) is 18.7 Å². The second-order valence-corrected chi connectivity index (χ2v) is 7.85. The fourth-order valence-electron chi connectivity index (χ4n) is 4.03. The highest BCUT2D eigenvalue weighted by Crippen LogP contribution is 2.29. The number of hydrogen-bond acceptors (Lipinski definition) is 6. The van der Waals surface area contributed by atoms with E-state index in [4.69, 9.17) is 14.5 Å². The average Bonchev–Trinajstić information content (AvgIpc) is 2.86. The van der Waals surface area contributed by atoms with Gasteiger partial charge in [0.05, 0.1) is 31.2 Å². The van der Waals surface area contributed by atoms with Crippen molar-refractivity contribution >= 4 is 11.6 Å². The fourth-order valence-corrected chi connectivity index (χ4v) is 4.03. The fraction of sp³-hybridized carbons (Fsp3) is 0.320. The largest absolute Gasteiger partial charge is 0.497 e. The lowest BCUT2D eigenvalue weighted by molar-refractivity contribution is -0.116. The smallest absolute Gasteiger partial charge is 0.259 e. The lowest BCUT2D eigenvalue weighted by Gasteiger charge is -2.27. The Morgan fingerprint density at radius 1 is 1.12 bits per heavy atom. The molecule has 0 aliphatic carbocycles. The topological polar surface area (TPSA) is 85.7 Å². The summed E-state index contributed by atoms with van der Waals surface area (Å²) in [6.07, 6.45) is 0.717. The van der Waals surface area contributed by atoms with Crippen molar-refractivity contribution in [3.05, 3.63) is 70.1 Å². The van der Waals surface area contributed by atoms with Crippen molar-refractivity contribution in [1.82, 2.24) is 14.5 Å². The van der Waals surface area contributed by atoms with Gasteiger partial charge in [-0.1, -0.05) is 37.3 Å². The molecule has 2 heterocycles. The highest BCUT2D eigenvalue weighted by Gasteiger charge is 2.24. The van der Waals surface area contributed by atoms with Crippen molar-refractivity contribution < 1.29 is 14.3 Å². The predicted molar refractivity (Wildman–Crippen MR) is 127 cm³/mol. The number of carbonyl (C=O) groups excluding carboxylic acids is 1. The number of ether oxygens (including phenoxy) is 2. The quantitative estimate of drug-likeness (QED) is 0.598. The molecule has 0 fully saturated rings. The Balaban J connectivity index is 1.70. The molecule has 1 N–H and O–H groups in total. The van der Waals surface area contributed by atoms with Crippen LogP contribution < -0.4 is 20.3 Å². The summed E-state index contributed by atoms with van der Waals surface area (Å²) in [4.78, 5) is 33.6. The molecule has 33 heavy (non-hydrogen) atoms. The van der Waals surface area contributed by atoms with Gasteiger partial charge in [-0.25, -0.2) is 4.98 Å². The Kier molecular flexibility index (Phi) is 6.74. The second-order valence-electron chi connectivity index (χ2n) is 7.85. The summed E-state index contributed by atoms with van der Waals surface area (Å²) in [5, 5.41) is 2.85. The molecule has 0 spiro atoms. The first-order valence-electron chi connectivity index (χ1n) is 11.0. The van der Waals surface area contributed by atoms with E-state index >= 15 is 0 Å². The molecule has 0 saturated carbocycles. The van der Waals surface area contributed by atoms with E-state index in [-0.39, 0.29) is 18.0 Å². The molecule has 1 amide bonds. The first-order chi connectivity index (χ1) is 16.0. The maximum Gasteiger partial charge on any atom is 0.259 e. The summed E-state index contributed by atoms with van der Waals surface area (Å²) in [6.45, 7) is 4.18. The number of aromatic nitrogens is 2. The second kappa shape index (κ2) is 9.87.